The minimum atomic E-state index is 0.0957. The quantitative estimate of drug-likeness (QED) is 0.594. The lowest BCUT2D eigenvalue weighted by atomic mass is 10.0. The van der Waals surface area contributed by atoms with Gasteiger partial charge in [0.2, 0.25) is 0 Å². The third kappa shape index (κ3) is 3.62. The molecule has 0 aromatic heterocycles. The van der Waals surface area contributed by atoms with Gasteiger partial charge in [0.15, 0.2) is 5.78 Å². The maximum atomic E-state index is 12.2. The molecule has 2 aromatic carbocycles. The third-order valence-electron chi connectivity index (χ3n) is 2.97. The van der Waals surface area contributed by atoms with E-state index in [1.54, 1.807) is 11.8 Å². The molecule has 0 unspecified atom stereocenters. The lowest BCUT2D eigenvalue weighted by Crippen LogP contribution is -2.04. The molecule has 2 rings (SSSR count). The van der Waals surface area contributed by atoms with Crippen molar-refractivity contribution in [2.24, 2.45) is 0 Å². The van der Waals surface area contributed by atoms with Crippen LogP contribution in [0.5, 0.6) is 0 Å². The summed E-state index contributed by atoms with van der Waals surface area (Å²) in [6, 6.07) is 13.5. The van der Waals surface area contributed by atoms with Gasteiger partial charge >= 0.3 is 0 Å². The van der Waals surface area contributed by atoms with Crippen molar-refractivity contribution in [2.75, 3.05) is 6.26 Å². The van der Waals surface area contributed by atoms with Crippen molar-refractivity contribution in [1.82, 2.24) is 0 Å². The topological polar surface area (TPSA) is 17.1 Å². The normalized spacial score (nSPS) is 10.5. The Bertz CT molecular complexity index is 590. The van der Waals surface area contributed by atoms with E-state index >= 15 is 0 Å². The largest absolute Gasteiger partial charge is 0.294 e. The first-order chi connectivity index (χ1) is 9.10. The van der Waals surface area contributed by atoms with Gasteiger partial charge in [-0.2, -0.15) is 0 Å². The highest BCUT2D eigenvalue weighted by molar-refractivity contribution is 7.98. The second-order valence-corrected chi connectivity index (χ2v) is 5.71. The van der Waals surface area contributed by atoms with Gasteiger partial charge in [-0.05, 0) is 42.5 Å². The molecule has 0 N–H and O–H groups in total. The molecule has 0 heterocycles. The van der Waals surface area contributed by atoms with Crippen molar-refractivity contribution in [3.05, 3.63) is 64.2 Å². The van der Waals surface area contributed by atoms with E-state index in [-0.39, 0.29) is 5.78 Å². The predicted octanol–water partition coefficient (Wildman–Crippen LogP) is 4.80. The molecule has 19 heavy (non-hydrogen) atoms. The molecule has 1 nitrogen and oxygen atoms in total. The fraction of sp³-hybridized carbons (Fsp3) is 0.188. The summed E-state index contributed by atoms with van der Waals surface area (Å²) in [5.74, 6) is 0.0957. The highest BCUT2D eigenvalue weighted by atomic mass is 35.5. The van der Waals surface area contributed by atoms with E-state index in [1.165, 1.54) is 0 Å². The Morgan fingerprint density at radius 1 is 1.16 bits per heavy atom. The van der Waals surface area contributed by atoms with Crippen LogP contribution in [0.1, 0.15) is 21.5 Å². The minimum Gasteiger partial charge on any atom is -0.294 e. The molecule has 98 valence electrons. The molecule has 0 fully saturated rings. The second-order valence-electron chi connectivity index (χ2n) is 4.42. The zero-order valence-electron chi connectivity index (χ0n) is 10.9. The van der Waals surface area contributed by atoms with E-state index in [0.29, 0.717) is 11.4 Å². The monoisotopic (exact) mass is 290 g/mol. The maximum Gasteiger partial charge on any atom is 0.167 e. The Morgan fingerprint density at radius 3 is 2.42 bits per heavy atom. The van der Waals surface area contributed by atoms with Gasteiger partial charge in [0.05, 0.1) is 0 Å². The van der Waals surface area contributed by atoms with Gasteiger partial charge in [-0.1, -0.05) is 35.9 Å². The number of carbonyl (C=O) groups is 1. The molecule has 0 saturated heterocycles. The summed E-state index contributed by atoms with van der Waals surface area (Å²) in [4.78, 5) is 13.3. The number of hydrogen-bond donors (Lipinski definition) is 0. The van der Waals surface area contributed by atoms with E-state index in [1.807, 2.05) is 55.6 Å². The van der Waals surface area contributed by atoms with E-state index < -0.39 is 0 Å². The van der Waals surface area contributed by atoms with Crippen LogP contribution in [0.2, 0.25) is 5.02 Å². The Kier molecular flexibility index (Phi) is 4.67. The van der Waals surface area contributed by atoms with Crippen LogP contribution in [-0.2, 0) is 6.42 Å². The molecular weight excluding hydrogens is 276 g/mol. The summed E-state index contributed by atoms with van der Waals surface area (Å²) < 4.78 is 0. The van der Waals surface area contributed by atoms with Gasteiger partial charge in [0.1, 0.15) is 0 Å². The molecule has 0 spiro atoms. The molecule has 0 saturated carbocycles. The zero-order chi connectivity index (χ0) is 13.8. The molecule has 2 aromatic rings. The standard InChI is InChI=1S/C16H15ClOS/c1-11-3-4-13(15(17)9-11)10-16(18)12-5-7-14(19-2)8-6-12/h3-9H,10H2,1-2H3. The van der Waals surface area contributed by atoms with Crippen molar-refractivity contribution < 1.29 is 4.79 Å². The predicted molar refractivity (Wildman–Crippen MR) is 82.4 cm³/mol. The SMILES string of the molecule is CSc1ccc(C(=O)Cc2ccc(C)cc2Cl)cc1. The smallest absolute Gasteiger partial charge is 0.167 e. The number of halogens is 1. The fourth-order valence-electron chi connectivity index (χ4n) is 1.85. The molecule has 0 atom stereocenters. The molecule has 0 amide bonds. The summed E-state index contributed by atoms with van der Waals surface area (Å²) in [5.41, 5.74) is 2.71. The van der Waals surface area contributed by atoms with Crippen LogP contribution in [0.4, 0.5) is 0 Å². The number of hydrogen-bond acceptors (Lipinski definition) is 2. The second kappa shape index (κ2) is 6.27. The minimum absolute atomic E-state index is 0.0957. The van der Waals surface area contributed by atoms with Crippen molar-refractivity contribution in [3.63, 3.8) is 0 Å². The molecule has 0 bridgehead atoms. The van der Waals surface area contributed by atoms with Crippen LogP contribution in [0.25, 0.3) is 0 Å². The molecule has 0 aliphatic rings. The number of ketones is 1. The van der Waals surface area contributed by atoms with Crippen LogP contribution in [-0.4, -0.2) is 12.0 Å². The molecule has 0 aliphatic carbocycles. The van der Waals surface area contributed by atoms with E-state index in [4.69, 9.17) is 11.6 Å². The van der Waals surface area contributed by atoms with Crippen molar-refractivity contribution >= 4 is 29.1 Å². The average molecular weight is 291 g/mol. The third-order valence-corrected chi connectivity index (χ3v) is 4.07. The zero-order valence-corrected chi connectivity index (χ0v) is 12.5. The van der Waals surface area contributed by atoms with E-state index in [0.717, 1.165) is 21.6 Å². The van der Waals surface area contributed by atoms with Gasteiger partial charge in [-0.25, -0.2) is 0 Å². The van der Waals surface area contributed by atoms with Crippen LogP contribution < -0.4 is 0 Å². The average Bonchev–Trinajstić information content (AvgIpc) is 2.42. The number of thioether (sulfide) groups is 1. The molecule has 0 aliphatic heterocycles. The van der Waals surface area contributed by atoms with Gasteiger partial charge in [-0.3, -0.25) is 4.79 Å². The Labute approximate surface area is 123 Å². The highest BCUT2D eigenvalue weighted by Gasteiger charge is 2.09. The summed E-state index contributed by atoms with van der Waals surface area (Å²) in [6.45, 7) is 1.98. The number of Topliss-reactive ketones (excluding diaryl/α,β-unsaturated/α-hetero) is 1. The first-order valence-electron chi connectivity index (χ1n) is 6.02. The Balaban J connectivity index is 2.15. The van der Waals surface area contributed by atoms with Gasteiger partial charge in [0.25, 0.3) is 0 Å². The van der Waals surface area contributed by atoms with Crippen molar-refractivity contribution in [2.45, 2.75) is 18.2 Å². The summed E-state index contributed by atoms with van der Waals surface area (Å²) in [6.07, 6.45) is 2.36. The van der Waals surface area contributed by atoms with Gasteiger partial charge in [0, 0.05) is 21.9 Å². The first-order valence-corrected chi connectivity index (χ1v) is 7.62. The van der Waals surface area contributed by atoms with Gasteiger partial charge in [-0.15, -0.1) is 11.8 Å². The molecule has 3 heteroatoms. The number of benzene rings is 2. The summed E-state index contributed by atoms with van der Waals surface area (Å²) in [5, 5.41) is 0.661. The summed E-state index contributed by atoms with van der Waals surface area (Å²) >= 11 is 7.82. The maximum absolute atomic E-state index is 12.2. The van der Waals surface area contributed by atoms with Crippen LogP contribution >= 0.6 is 23.4 Å². The number of rotatable bonds is 4. The highest BCUT2D eigenvalue weighted by Crippen LogP contribution is 2.20. The first kappa shape index (κ1) is 14.2. The van der Waals surface area contributed by atoms with Crippen molar-refractivity contribution in [3.8, 4) is 0 Å². The fourth-order valence-corrected chi connectivity index (χ4v) is 2.56. The molecular formula is C16H15ClOS. The van der Waals surface area contributed by atoms with Crippen LogP contribution in [0.15, 0.2) is 47.4 Å². The summed E-state index contributed by atoms with van der Waals surface area (Å²) in [7, 11) is 0. The Morgan fingerprint density at radius 2 is 1.84 bits per heavy atom. The lowest BCUT2D eigenvalue weighted by Gasteiger charge is -2.05. The van der Waals surface area contributed by atoms with Gasteiger partial charge < -0.3 is 0 Å². The Hall–Kier alpha value is -1.25. The van der Waals surface area contributed by atoms with Crippen LogP contribution in [0.3, 0.4) is 0 Å². The van der Waals surface area contributed by atoms with Crippen LogP contribution in [0, 0.1) is 6.92 Å². The van der Waals surface area contributed by atoms with Crippen molar-refractivity contribution in [1.29, 1.82) is 0 Å². The molecule has 0 radical (unpaired) electrons. The van der Waals surface area contributed by atoms with E-state index in [9.17, 15) is 4.79 Å². The van der Waals surface area contributed by atoms with E-state index in [2.05, 4.69) is 0 Å². The number of carbonyl (C=O) groups excluding carboxylic acids is 1. The lowest BCUT2D eigenvalue weighted by molar-refractivity contribution is 0.0993. The number of aryl methyl sites for hydroxylation is 1.